The standard InChI is InChI=1S/C13H24N4O2/c1-17-11-12(7-6-8-13(17)18)19-10-5-3-2-4-9-15-16-14/h12H,2-11H2,1H3/t12-/m1/s1. The van der Waals surface area contributed by atoms with E-state index < -0.39 is 0 Å². The highest BCUT2D eigenvalue weighted by molar-refractivity contribution is 5.76. The molecule has 1 fully saturated rings. The van der Waals surface area contributed by atoms with E-state index in [1.807, 2.05) is 7.05 Å². The van der Waals surface area contributed by atoms with Gasteiger partial charge >= 0.3 is 0 Å². The van der Waals surface area contributed by atoms with E-state index >= 15 is 0 Å². The van der Waals surface area contributed by atoms with Gasteiger partial charge in [0, 0.05) is 38.1 Å². The number of likely N-dealkylation sites (tertiary alicyclic amines) is 1. The summed E-state index contributed by atoms with van der Waals surface area (Å²) in [4.78, 5) is 16.0. The van der Waals surface area contributed by atoms with Crippen molar-refractivity contribution in [2.75, 3.05) is 26.7 Å². The number of carbonyl (C=O) groups excluding carboxylic acids is 1. The lowest BCUT2D eigenvalue weighted by Gasteiger charge is -2.20. The highest BCUT2D eigenvalue weighted by Crippen LogP contribution is 2.14. The Kier molecular flexibility index (Phi) is 8.02. The molecular weight excluding hydrogens is 244 g/mol. The molecule has 0 aliphatic carbocycles. The molecular formula is C13H24N4O2. The number of rotatable bonds is 8. The summed E-state index contributed by atoms with van der Waals surface area (Å²) in [6, 6.07) is 0. The van der Waals surface area contributed by atoms with Crippen LogP contribution in [0.2, 0.25) is 0 Å². The first-order chi connectivity index (χ1) is 9.24. The predicted molar refractivity (Wildman–Crippen MR) is 73.7 cm³/mol. The van der Waals surface area contributed by atoms with Crippen molar-refractivity contribution in [1.29, 1.82) is 0 Å². The predicted octanol–water partition coefficient (Wildman–Crippen LogP) is 2.88. The molecule has 0 radical (unpaired) electrons. The second-order valence-electron chi connectivity index (χ2n) is 5.03. The Morgan fingerprint density at radius 1 is 1.42 bits per heavy atom. The first kappa shape index (κ1) is 15.8. The highest BCUT2D eigenvalue weighted by Gasteiger charge is 2.20. The minimum absolute atomic E-state index is 0.194. The van der Waals surface area contributed by atoms with E-state index in [1.54, 1.807) is 4.90 Å². The first-order valence-electron chi connectivity index (χ1n) is 7.10. The van der Waals surface area contributed by atoms with Crippen molar-refractivity contribution >= 4 is 5.91 Å². The van der Waals surface area contributed by atoms with E-state index in [2.05, 4.69) is 10.0 Å². The summed E-state index contributed by atoms with van der Waals surface area (Å²) in [5.74, 6) is 0.226. The van der Waals surface area contributed by atoms with E-state index in [0.29, 0.717) is 13.0 Å². The van der Waals surface area contributed by atoms with Crippen LogP contribution in [0.5, 0.6) is 0 Å². The molecule has 0 spiro atoms. The molecule has 19 heavy (non-hydrogen) atoms. The zero-order chi connectivity index (χ0) is 13.9. The molecule has 1 aliphatic heterocycles. The number of nitrogens with zero attached hydrogens (tertiary/aromatic N) is 4. The zero-order valence-electron chi connectivity index (χ0n) is 11.8. The summed E-state index contributed by atoms with van der Waals surface area (Å²) in [5, 5.41) is 3.50. The number of azide groups is 1. The molecule has 1 atom stereocenters. The van der Waals surface area contributed by atoms with Gasteiger partial charge in [0.15, 0.2) is 0 Å². The Hall–Kier alpha value is -1.26. The van der Waals surface area contributed by atoms with Crippen molar-refractivity contribution in [1.82, 2.24) is 4.90 Å². The summed E-state index contributed by atoms with van der Waals surface area (Å²) >= 11 is 0. The minimum Gasteiger partial charge on any atom is -0.376 e. The molecule has 6 heteroatoms. The number of likely N-dealkylation sites (N-methyl/N-ethyl adjacent to an activating group) is 1. The van der Waals surface area contributed by atoms with Crippen molar-refractivity contribution in [3.8, 4) is 0 Å². The maximum Gasteiger partial charge on any atom is 0.222 e. The monoisotopic (exact) mass is 268 g/mol. The van der Waals surface area contributed by atoms with Crippen LogP contribution in [0.4, 0.5) is 0 Å². The molecule has 6 nitrogen and oxygen atoms in total. The van der Waals surface area contributed by atoms with Crippen LogP contribution in [-0.2, 0) is 9.53 Å². The van der Waals surface area contributed by atoms with Gasteiger partial charge in [0.2, 0.25) is 5.91 Å². The van der Waals surface area contributed by atoms with Gasteiger partial charge in [-0.3, -0.25) is 4.79 Å². The van der Waals surface area contributed by atoms with Crippen molar-refractivity contribution in [2.45, 2.75) is 51.0 Å². The topological polar surface area (TPSA) is 78.3 Å². The molecule has 0 N–H and O–H groups in total. The summed E-state index contributed by atoms with van der Waals surface area (Å²) in [6.07, 6.45) is 6.91. The Morgan fingerprint density at radius 3 is 3.00 bits per heavy atom. The number of carbonyl (C=O) groups is 1. The SMILES string of the molecule is CN1C[C@H](OCCCCCCN=[N+]=[N-])CCCC1=O. The van der Waals surface area contributed by atoms with Gasteiger partial charge in [-0.1, -0.05) is 18.0 Å². The zero-order valence-corrected chi connectivity index (χ0v) is 11.8. The maximum absolute atomic E-state index is 11.5. The van der Waals surface area contributed by atoms with Gasteiger partial charge in [-0.05, 0) is 31.2 Å². The third-order valence-corrected chi connectivity index (χ3v) is 3.39. The quantitative estimate of drug-likeness (QED) is 0.293. The fourth-order valence-corrected chi connectivity index (χ4v) is 2.24. The molecule has 1 heterocycles. The molecule has 0 aromatic heterocycles. The van der Waals surface area contributed by atoms with Gasteiger partial charge in [0.1, 0.15) is 0 Å². The highest BCUT2D eigenvalue weighted by atomic mass is 16.5. The van der Waals surface area contributed by atoms with Crippen molar-refractivity contribution in [2.24, 2.45) is 5.11 Å². The summed E-state index contributed by atoms with van der Waals surface area (Å²) in [5.41, 5.74) is 8.12. The second-order valence-corrected chi connectivity index (χ2v) is 5.03. The van der Waals surface area contributed by atoms with Crippen LogP contribution in [0.25, 0.3) is 10.4 Å². The van der Waals surface area contributed by atoms with Crippen LogP contribution < -0.4 is 0 Å². The Balaban J connectivity index is 2.02. The van der Waals surface area contributed by atoms with Crippen LogP contribution >= 0.6 is 0 Å². The third kappa shape index (κ3) is 7.03. The second kappa shape index (κ2) is 9.64. The molecule has 0 saturated carbocycles. The fraction of sp³-hybridized carbons (Fsp3) is 0.923. The first-order valence-corrected chi connectivity index (χ1v) is 7.10. The Labute approximate surface area is 114 Å². The van der Waals surface area contributed by atoms with E-state index in [4.69, 9.17) is 10.3 Å². The maximum atomic E-state index is 11.5. The summed E-state index contributed by atoms with van der Waals surface area (Å²) < 4.78 is 5.83. The van der Waals surface area contributed by atoms with Crippen LogP contribution in [0.3, 0.4) is 0 Å². The van der Waals surface area contributed by atoms with Crippen LogP contribution in [0.1, 0.15) is 44.9 Å². The average Bonchev–Trinajstić information content (AvgIpc) is 2.55. The van der Waals surface area contributed by atoms with Gasteiger partial charge in [-0.25, -0.2) is 0 Å². The molecule has 1 rings (SSSR count). The van der Waals surface area contributed by atoms with Crippen molar-refractivity contribution in [3.63, 3.8) is 0 Å². The molecule has 0 aromatic carbocycles. The van der Waals surface area contributed by atoms with Gasteiger partial charge in [0.25, 0.3) is 0 Å². The van der Waals surface area contributed by atoms with Gasteiger partial charge in [-0.2, -0.15) is 0 Å². The van der Waals surface area contributed by atoms with Gasteiger partial charge < -0.3 is 9.64 Å². The van der Waals surface area contributed by atoms with Crippen LogP contribution in [0.15, 0.2) is 5.11 Å². The van der Waals surface area contributed by atoms with Crippen molar-refractivity contribution < 1.29 is 9.53 Å². The average molecular weight is 268 g/mol. The lowest BCUT2D eigenvalue weighted by molar-refractivity contribution is -0.130. The molecule has 1 saturated heterocycles. The number of amides is 1. The van der Waals surface area contributed by atoms with Gasteiger partial charge in [0.05, 0.1) is 6.10 Å². The molecule has 0 bridgehead atoms. The third-order valence-electron chi connectivity index (χ3n) is 3.39. The van der Waals surface area contributed by atoms with Crippen LogP contribution in [0, 0.1) is 0 Å². The Morgan fingerprint density at radius 2 is 2.21 bits per heavy atom. The number of hydrogen-bond donors (Lipinski definition) is 0. The van der Waals surface area contributed by atoms with Crippen molar-refractivity contribution in [3.05, 3.63) is 10.4 Å². The summed E-state index contributed by atoms with van der Waals surface area (Å²) in [7, 11) is 1.85. The smallest absolute Gasteiger partial charge is 0.222 e. The summed E-state index contributed by atoms with van der Waals surface area (Å²) in [6.45, 7) is 2.07. The molecule has 1 aliphatic rings. The molecule has 1 amide bonds. The number of unbranched alkanes of at least 4 members (excludes halogenated alkanes) is 3. The number of ether oxygens (including phenoxy) is 1. The van der Waals surface area contributed by atoms with E-state index in [9.17, 15) is 4.79 Å². The lowest BCUT2D eigenvalue weighted by Crippen LogP contribution is -2.32. The molecule has 0 unspecified atom stereocenters. The largest absolute Gasteiger partial charge is 0.376 e. The fourth-order valence-electron chi connectivity index (χ4n) is 2.24. The Bertz CT molecular complexity index is 316. The van der Waals surface area contributed by atoms with E-state index in [0.717, 1.165) is 51.7 Å². The van der Waals surface area contributed by atoms with E-state index in [1.165, 1.54) is 0 Å². The molecule has 108 valence electrons. The number of hydrogen-bond acceptors (Lipinski definition) is 3. The van der Waals surface area contributed by atoms with Crippen LogP contribution in [-0.4, -0.2) is 43.7 Å². The van der Waals surface area contributed by atoms with E-state index in [-0.39, 0.29) is 12.0 Å². The lowest BCUT2D eigenvalue weighted by atomic mass is 10.2. The normalized spacial score (nSPS) is 19.9. The van der Waals surface area contributed by atoms with Gasteiger partial charge in [-0.15, -0.1) is 0 Å². The minimum atomic E-state index is 0.194. The molecule has 0 aromatic rings.